The molecule has 0 atom stereocenters. The van der Waals surface area contributed by atoms with Gasteiger partial charge >= 0.3 is 5.97 Å². The molecule has 4 rings (SSSR count). The highest BCUT2D eigenvalue weighted by Gasteiger charge is 2.27. The first kappa shape index (κ1) is 21.3. The molecule has 0 bridgehead atoms. The number of para-hydroxylation sites is 1. The number of carbonyl (C=O) groups is 2. The molecule has 0 aliphatic carbocycles. The Kier molecular flexibility index (Phi) is 6.04. The summed E-state index contributed by atoms with van der Waals surface area (Å²) in [6.07, 6.45) is 1.36. The molecule has 2 aromatic heterocycles. The largest absolute Gasteiger partial charge is 0.462 e. The fourth-order valence-corrected chi connectivity index (χ4v) is 3.46. The fourth-order valence-electron chi connectivity index (χ4n) is 3.24. The van der Waals surface area contributed by atoms with Crippen LogP contribution in [0.15, 0.2) is 65.3 Å². The van der Waals surface area contributed by atoms with E-state index in [4.69, 9.17) is 20.9 Å². The summed E-state index contributed by atoms with van der Waals surface area (Å²) in [5.74, 6) is -0.647. The van der Waals surface area contributed by atoms with Gasteiger partial charge in [0.25, 0.3) is 5.91 Å². The summed E-state index contributed by atoms with van der Waals surface area (Å²) in [6, 6.07) is 16.1. The molecule has 0 aliphatic rings. The number of nitrogens with zero attached hydrogens (tertiary/aromatic N) is 3. The molecule has 2 heterocycles. The number of hydrogen-bond donors (Lipinski definition) is 1. The average molecular weight is 451 g/mol. The zero-order valence-electron chi connectivity index (χ0n) is 17.3. The summed E-state index contributed by atoms with van der Waals surface area (Å²) < 4.78 is 11.9. The highest BCUT2D eigenvalue weighted by molar-refractivity contribution is 6.33. The average Bonchev–Trinajstić information content (AvgIpc) is 3.38. The molecular formula is C23H19ClN4O4. The number of rotatable bonds is 6. The number of hydrogen-bond acceptors (Lipinski definition) is 6. The van der Waals surface area contributed by atoms with Crippen LogP contribution < -0.4 is 5.32 Å². The Morgan fingerprint density at radius 3 is 2.56 bits per heavy atom. The minimum atomic E-state index is -0.599. The molecule has 0 spiro atoms. The van der Waals surface area contributed by atoms with Gasteiger partial charge in [0.2, 0.25) is 0 Å². The van der Waals surface area contributed by atoms with Crippen molar-refractivity contribution in [1.82, 2.24) is 14.9 Å². The van der Waals surface area contributed by atoms with Crippen LogP contribution in [0.1, 0.15) is 33.4 Å². The lowest BCUT2D eigenvalue weighted by molar-refractivity contribution is 0.0527. The minimum absolute atomic E-state index is 0.123. The van der Waals surface area contributed by atoms with Crippen molar-refractivity contribution in [3.63, 3.8) is 0 Å². The van der Waals surface area contributed by atoms with Crippen LogP contribution in [-0.4, -0.2) is 33.4 Å². The number of esters is 1. The van der Waals surface area contributed by atoms with E-state index < -0.39 is 11.9 Å². The number of ether oxygens (including phenoxy) is 1. The third-order valence-corrected chi connectivity index (χ3v) is 5.05. The summed E-state index contributed by atoms with van der Waals surface area (Å²) in [4.78, 5) is 25.9. The molecule has 32 heavy (non-hydrogen) atoms. The molecule has 0 fully saturated rings. The van der Waals surface area contributed by atoms with Crippen molar-refractivity contribution < 1.29 is 18.8 Å². The van der Waals surface area contributed by atoms with Crippen molar-refractivity contribution in [2.24, 2.45) is 0 Å². The predicted molar refractivity (Wildman–Crippen MR) is 119 cm³/mol. The zero-order chi connectivity index (χ0) is 22.7. The van der Waals surface area contributed by atoms with Crippen molar-refractivity contribution in [1.29, 1.82) is 0 Å². The molecule has 0 radical (unpaired) electrons. The van der Waals surface area contributed by atoms with Gasteiger partial charge < -0.3 is 14.6 Å². The second-order valence-electron chi connectivity index (χ2n) is 6.77. The number of aryl methyl sites for hydroxylation is 1. The molecule has 8 nitrogen and oxygen atoms in total. The molecule has 162 valence electrons. The molecule has 1 amide bonds. The third-order valence-electron chi connectivity index (χ3n) is 4.72. The van der Waals surface area contributed by atoms with Crippen molar-refractivity contribution >= 4 is 29.3 Å². The van der Waals surface area contributed by atoms with Gasteiger partial charge in [-0.2, -0.15) is 5.10 Å². The summed E-state index contributed by atoms with van der Waals surface area (Å²) in [6.45, 7) is 3.52. The summed E-state index contributed by atoms with van der Waals surface area (Å²) in [5.41, 5.74) is 1.84. The summed E-state index contributed by atoms with van der Waals surface area (Å²) in [7, 11) is 0. The van der Waals surface area contributed by atoms with Crippen LogP contribution in [0, 0.1) is 6.92 Å². The van der Waals surface area contributed by atoms with Crippen LogP contribution in [0.25, 0.3) is 16.9 Å². The van der Waals surface area contributed by atoms with Crippen molar-refractivity contribution in [3.05, 3.63) is 82.7 Å². The molecule has 0 saturated carbocycles. The Morgan fingerprint density at radius 2 is 1.84 bits per heavy atom. The van der Waals surface area contributed by atoms with E-state index in [1.807, 2.05) is 18.2 Å². The van der Waals surface area contributed by atoms with E-state index in [1.54, 1.807) is 50.2 Å². The molecular weight excluding hydrogens is 432 g/mol. The Bertz CT molecular complexity index is 1280. The van der Waals surface area contributed by atoms with E-state index in [-0.39, 0.29) is 23.6 Å². The van der Waals surface area contributed by atoms with E-state index in [0.717, 1.165) is 0 Å². The van der Waals surface area contributed by atoms with Crippen LogP contribution in [0.4, 0.5) is 5.82 Å². The maximum atomic E-state index is 13.4. The molecule has 1 N–H and O–H groups in total. The topological polar surface area (TPSA) is 99.2 Å². The lowest BCUT2D eigenvalue weighted by atomic mass is 10.1. The number of anilines is 1. The predicted octanol–water partition coefficient (Wildman–Crippen LogP) is 4.92. The van der Waals surface area contributed by atoms with Gasteiger partial charge in [-0.3, -0.25) is 4.79 Å². The number of nitrogens with one attached hydrogen (secondary N) is 1. The second-order valence-corrected chi connectivity index (χ2v) is 7.18. The van der Waals surface area contributed by atoms with Crippen molar-refractivity contribution in [2.75, 3.05) is 11.9 Å². The number of halogens is 1. The molecule has 9 heteroatoms. The van der Waals surface area contributed by atoms with Crippen LogP contribution >= 0.6 is 11.6 Å². The lowest BCUT2D eigenvalue weighted by Gasteiger charge is -2.11. The van der Waals surface area contributed by atoms with Gasteiger partial charge in [-0.1, -0.05) is 53.2 Å². The number of carbonyl (C=O) groups excluding carboxylic acids is 2. The van der Waals surface area contributed by atoms with Crippen LogP contribution in [-0.2, 0) is 4.74 Å². The molecule has 0 aliphatic heterocycles. The molecule has 0 unspecified atom stereocenters. The Hall–Kier alpha value is -3.91. The fraction of sp³-hybridized carbons (Fsp3) is 0.130. The Morgan fingerprint density at radius 1 is 1.12 bits per heavy atom. The third kappa shape index (κ3) is 4.00. The first-order chi connectivity index (χ1) is 15.5. The van der Waals surface area contributed by atoms with Crippen LogP contribution in [0.5, 0.6) is 0 Å². The number of amides is 1. The summed E-state index contributed by atoms with van der Waals surface area (Å²) >= 11 is 6.31. The van der Waals surface area contributed by atoms with Gasteiger partial charge in [0, 0.05) is 5.56 Å². The monoisotopic (exact) mass is 450 g/mol. The maximum absolute atomic E-state index is 13.4. The second kappa shape index (κ2) is 9.07. The minimum Gasteiger partial charge on any atom is -0.462 e. The van der Waals surface area contributed by atoms with Gasteiger partial charge in [0.05, 0.1) is 23.5 Å². The van der Waals surface area contributed by atoms with Crippen LogP contribution in [0.3, 0.4) is 0 Å². The van der Waals surface area contributed by atoms with Crippen LogP contribution in [0.2, 0.25) is 5.02 Å². The zero-order valence-corrected chi connectivity index (χ0v) is 18.1. The van der Waals surface area contributed by atoms with E-state index in [2.05, 4.69) is 15.6 Å². The van der Waals surface area contributed by atoms with Gasteiger partial charge in [-0.05, 0) is 32.0 Å². The maximum Gasteiger partial charge on any atom is 0.343 e. The standard InChI is InChI=1S/C23H19ClN4O4/c1-3-31-23(30)17-13-25-28(15-9-5-4-6-10-15)21(17)26-22(29)19-14(2)32-27-20(19)16-11-7-8-12-18(16)24/h4-13H,3H2,1-2H3,(H,26,29). The van der Waals surface area contributed by atoms with E-state index >= 15 is 0 Å². The van der Waals surface area contributed by atoms with Crippen molar-refractivity contribution in [2.45, 2.75) is 13.8 Å². The number of aromatic nitrogens is 3. The van der Waals surface area contributed by atoms with Gasteiger partial charge in [-0.15, -0.1) is 0 Å². The lowest BCUT2D eigenvalue weighted by Crippen LogP contribution is -2.19. The van der Waals surface area contributed by atoms with E-state index in [9.17, 15) is 9.59 Å². The first-order valence-corrected chi connectivity index (χ1v) is 10.2. The van der Waals surface area contributed by atoms with E-state index in [1.165, 1.54) is 10.9 Å². The summed E-state index contributed by atoms with van der Waals surface area (Å²) in [5, 5.41) is 11.5. The molecule has 4 aromatic rings. The van der Waals surface area contributed by atoms with Gasteiger partial charge in [0.15, 0.2) is 5.82 Å². The van der Waals surface area contributed by atoms with E-state index in [0.29, 0.717) is 27.7 Å². The highest BCUT2D eigenvalue weighted by Crippen LogP contribution is 2.32. The normalized spacial score (nSPS) is 10.7. The molecule has 2 aromatic carbocycles. The van der Waals surface area contributed by atoms with Gasteiger partial charge in [-0.25, -0.2) is 9.48 Å². The Balaban J connectivity index is 1.78. The SMILES string of the molecule is CCOC(=O)c1cnn(-c2ccccc2)c1NC(=O)c1c(-c2ccccc2Cl)noc1C. The molecule has 0 saturated heterocycles. The quantitative estimate of drug-likeness (QED) is 0.418. The number of benzene rings is 2. The van der Waals surface area contributed by atoms with Gasteiger partial charge in [0.1, 0.15) is 22.6 Å². The first-order valence-electron chi connectivity index (χ1n) is 9.84. The smallest absolute Gasteiger partial charge is 0.343 e. The highest BCUT2D eigenvalue weighted by atomic mass is 35.5. The Labute approximate surface area is 188 Å². The van der Waals surface area contributed by atoms with Crippen molar-refractivity contribution in [3.8, 4) is 16.9 Å².